The van der Waals surface area contributed by atoms with Crippen molar-refractivity contribution in [1.82, 2.24) is 0 Å². The van der Waals surface area contributed by atoms with Gasteiger partial charge in [-0.1, -0.05) is 40.5 Å². The Bertz CT molecular complexity index is 622. The number of hydrogen-bond donors (Lipinski definition) is 2. The van der Waals surface area contributed by atoms with Gasteiger partial charge in [0, 0.05) is 0 Å². The van der Waals surface area contributed by atoms with Gasteiger partial charge >= 0.3 is 0 Å². The summed E-state index contributed by atoms with van der Waals surface area (Å²) in [4.78, 5) is 0. The molecular weight excluding hydrogens is 380 g/mol. The molecule has 0 radical (unpaired) electrons. The van der Waals surface area contributed by atoms with Crippen LogP contribution in [0.5, 0.6) is 0 Å². The van der Waals surface area contributed by atoms with Gasteiger partial charge < -0.3 is 10.2 Å². The van der Waals surface area contributed by atoms with E-state index < -0.39 is 5.60 Å². The van der Waals surface area contributed by atoms with Crippen LogP contribution in [-0.2, 0) is 0 Å². The second-order valence-electron chi connectivity index (χ2n) is 13.1. The molecule has 2 heteroatoms. The summed E-state index contributed by atoms with van der Waals surface area (Å²) >= 11 is 0. The highest BCUT2D eigenvalue weighted by Crippen LogP contribution is 2.68. The van der Waals surface area contributed by atoms with Gasteiger partial charge in [0.25, 0.3) is 0 Å². The first kappa shape index (κ1) is 24.1. The molecule has 8 atom stereocenters. The van der Waals surface area contributed by atoms with Gasteiger partial charge in [-0.25, -0.2) is 0 Å². The highest BCUT2D eigenvalue weighted by atomic mass is 16.3. The van der Waals surface area contributed by atoms with E-state index >= 15 is 0 Å². The average Bonchev–Trinajstić information content (AvgIpc) is 3.37. The van der Waals surface area contributed by atoms with E-state index in [0.29, 0.717) is 10.8 Å². The van der Waals surface area contributed by atoms with Gasteiger partial charge in [-0.05, 0) is 131 Å². The van der Waals surface area contributed by atoms with Gasteiger partial charge in [0.1, 0.15) is 0 Å². The molecule has 5 fully saturated rings. The maximum atomic E-state index is 10.7. The summed E-state index contributed by atoms with van der Waals surface area (Å²) in [6.45, 7) is 11.4. The van der Waals surface area contributed by atoms with Crippen LogP contribution in [0.4, 0.5) is 0 Å². The van der Waals surface area contributed by atoms with Crippen LogP contribution in [0, 0.1) is 40.4 Å². The molecule has 6 unspecified atom stereocenters. The quantitative estimate of drug-likeness (QED) is 0.441. The Morgan fingerprint density at radius 1 is 0.710 bits per heavy atom. The first-order valence-corrected chi connectivity index (χ1v) is 14.1. The largest absolute Gasteiger partial charge is 0.390 e. The van der Waals surface area contributed by atoms with Gasteiger partial charge in [0.05, 0.1) is 11.2 Å². The minimum absolute atomic E-state index is 0.251. The first-order chi connectivity index (χ1) is 14.7. The molecule has 0 bridgehead atoms. The molecule has 31 heavy (non-hydrogen) atoms. The van der Waals surface area contributed by atoms with Crippen LogP contribution in [0.2, 0.25) is 0 Å². The fourth-order valence-electron chi connectivity index (χ4n) is 9.25. The van der Waals surface area contributed by atoms with E-state index in [2.05, 4.69) is 20.8 Å². The molecule has 180 valence electrons. The zero-order valence-corrected chi connectivity index (χ0v) is 21.4. The maximum absolute atomic E-state index is 10.7. The molecule has 0 aromatic heterocycles. The number of unbranched alkanes of at least 4 members (excludes halogenated alkanes) is 1. The fraction of sp³-hybridized carbons (Fsp3) is 1.00. The summed E-state index contributed by atoms with van der Waals surface area (Å²) in [5.41, 5.74) is 0.413. The summed E-state index contributed by atoms with van der Waals surface area (Å²) in [7, 11) is 0. The average molecular weight is 433 g/mol. The third-order valence-electron chi connectivity index (χ3n) is 11.4. The van der Waals surface area contributed by atoms with Crippen LogP contribution in [0.15, 0.2) is 0 Å². The smallest absolute Gasteiger partial charge is 0.0650 e. The molecule has 0 heterocycles. The minimum Gasteiger partial charge on any atom is -0.390 e. The molecule has 5 aliphatic rings. The van der Waals surface area contributed by atoms with Crippen LogP contribution in [-0.4, -0.2) is 21.4 Å². The fourth-order valence-corrected chi connectivity index (χ4v) is 9.25. The van der Waals surface area contributed by atoms with Crippen molar-refractivity contribution >= 4 is 0 Å². The number of rotatable bonds is 5. The van der Waals surface area contributed by atoms with Crippen molar-refractivity contribution in [3.05, 3.63) is 0 Å². The van der Waals surface area contributed by atoms with Gasteiger partial charge in [-0.2, -0.15) is 0 Å². The minimum atomic E-state index is -0.410. The monoisotopic (exact) mass is 432 g/mol. The highest BCUT2D eigenvalue weighted by Gasteiger charge is 2.60. The Balaban J connectivity index is 0.00000112. The van der Waals surface area contributed by atoms with Gasteiger partial charge in [0.15, 0.2) is 0 Å². The lowest BCUT2D eigenvalue weighted by atomic mass is 9.44. The molecule has 0 spiro atoms. The van der Waals surface area contributed by atoms with Crippen molar-refractivity contribution in [2.24, 2.45) is 40.4 Å². The zero-order chi connectivity index (χ0) is 22.5. The van der Waals surface area contributed by atoms with Crippen molar-refractivity contribution in [2.75, 3.05) is 0 Å². The third-order valence-corrected chi connectivity index (χ3v) is 11.4. The number of fused-ring (bicyclic) bond motifs is 5. The van der Waals surface area contributed by atoms with Crippen molar-refractivity contribution in [3.8, 4) is 0 Å². The zero-order valence-electron chi connectivity index (χ0n) is 21.4. The normalized spacial score (nSPS) is 49.8. The van der Waals surface area contributed by atoms with Crippen LogP contribution in [0.3, 0.4) is 0 Å². The van der Waals surface area contributed by atoms with Crippen LogP contribution in [0.1, 0.15) is 131 Å². The molecule has 2 nitrogen and oxygen atoms in total. The van der Waals surface area contributed by atoms with Crippen molar-refractivity contribution < 1.29 is 10.2 Å². The lowest BCUT2D eigenvalue weighted by Gasteiger charge is -2.62. The molecule has 0 aromatic carbocycles. The van der Waals surface area contributed by atoms with E-state index in [9.17, 15) is 10.2 Å². The second-order valence-corrected chi connectivity index (χ2v) is 13.1. The van der Waals surface area contributed by atoms with Crippen molar-refractivity contribution in [3.63, 3.8) is 0 Å². The maximum Gasteiger partial charge on any atom is 0.0650 e. The summed E-state index contributed by atoms with van der Waals surface area (Å²) in [5, 5.41) is 20.8. The summed E-state index contributed by atoms with van der Waals surface area (Å²) < 4.78 is 0. The molecule has 0 aliphatic heterocycles. The van der Waals surface area contributed by atoms with E-state index in [1.54, 1.807) is 0 Å². The Morgan fingerprint density at radius 3 is 2.13 bits per heavy atom. The van der Waals surface area contributed by atoms with Crippen molar-refractivity contribution in [2.45, 2.75) is 142 Å². The van der Waals surface area contributed by atoms with E-state index in [-0.39, 0.29) is 5.60 Å². The van der Waals surface area contributed by atoms with Gasteiger partial charge in [-0.15, -0.1) is 0 Å². The second kappa shape index (κ2) is 8.61. The predicted octanol–water partition coefficient (Wildman–Crippen LogP) is 7.51. The summed E-state index contributed by atoms with van der Waals surface area (Å²) in [5.74, 6) is 4.51. The van der Waals surface area contributed by atoms with Gasteiger partial charge in [0.2, 0.25) is 0 Å². The standard InChI is InChI=1S/C27H46O2.C2H6/c1-24(28)14-15-26(3)20(18-24)7-9-21-22-10-8-19(25(22,2)13-11-23(21)26)6-4-5-12-27(29)16-17-27;1-2/h19-23,28-29H,4-18H2,1-3H3;1-2H3/t19-,20?,21?,22?,23?,24-,25?,26?;/m0./s1. The molecule has 0 aromatic rings. The topological polar surface area (TPSA) is 40.5 Å². The SMILES string of the molecule is CC.CC12CC[C@](C)(O)CC1CCC1C2CCC2(C)C1CC[C@@H]2CCCCC1(O)CC1. The Labute approximate surface area is 193 Å². The summed E-state index contributed by atoms with van der Waals surface area (Å²) in [6, 6.07) is 0. The van der Waals surface area contributed by atoms with Crippen LogP contribution < -0.4 is 0 Å². The van der Waals surface area contributed by atoms with E-state index in [1.165, 1.54) is 64.2 Å². The van der Waals surface area contributed by atoms with Crippen LogP contribution >= 0.6 is 0 Å². The Morgan fingerprint density at radius 2 is 1.42 bits per heavy atom. The third kappa shape index (κ3) is 4.39. The van der Waals surface area contributed by atoms with E-state index in [0.717, 1.165) is 61.7 Å². The molecule has 5 saturated carbocycles. The highest BCUT2D eigenvalue weighted by molar-refractivity contribution is 5.10. The van der Waals surface area contributed by atoms with Gasteiger partial charge in [-0.3, -0.25) is 0 Å². The molecular formula is C29H52O2. The predicted molar refractivity (Wildman–Crippen MR) is 130 cm³/mol. The first-order valence-electron chi connectivity index (χ1n) is 14.1. The number of hydrogen-bond acceptors (Lipinski definition) is 2. The van der Waals surface area contributed by atoms with E-state index in [4.69, 9.17) is 0 Å². The lowest BCUT2D eigenvalue weighted by Crippen LogP contribution is -2.55. The van der Waals surface area contributed by atoms with E-state index in [1.807, 2.05) is 13.8 Å². The molecule has 2 N–H and O–H groups in total. The van der Waals surface area contributed by atoms with Crippen LogP contribution in [0.25, 0.3) is 0 Å². The molecule has 0 amide bonds. The molecule has 5 rings (SSSR count). The Hall–Kier alpha value is -0.0800. The summed E-state index contributed by atoms with van der Waals surface area (Å²) in [6.07, 6.45) is 19.1. The Kier molecular flexibility index (Phi) is 6.68. The molecule has 0 saturated heterocycles. The lowest BCUT2D eigenvalue weighted by molar-refractivity contribution is -0.146. The number of aliphatic hydroxyl groups is 2. The molecule has 5 aliphatic carbocycles. The van der Waals surface area contributed by atoms with Crippen molar-refractivity contribution in [1.29, 1.82) is 0 Å².